The molecule has 0 bridgehead atoms. The van der Waals surface area contributed by atoms with Gasteiger partial charge in [0.05, 0.1) is 6.61 Å². The Morgan fingerprint density at radius 3 is 2.56 bits per heavy atom. The zero-order chi connectivity index (χ0) is 13.3. The molecule has 0 amide bonds. The number of ketones is 1. The maximum absolute atomic E-state index is 12.2. The van der Waals surface area contributed by atoms with Gasteiger partial charge in [-0.25, -0.2) is 0 Å². The van der Waals surface area contributed by atoms with Crippen LogP contribution in [0.4, 0.5) is 0 Å². The van der Waals surface area contributed by atoms with E-state index in [4.69, 9.17) is 4.74 Å². The van der Waals surface area contributed by atoms with Crippen molar-refractivity contribution >= 4 is 5.78 Å². The van der Waals surface area contributed by atoms with E-state index >= 15 is 0 Å². The fourth-order valence-corrected chi connectivity index (χ4v) is 2.26. The molecule has 1 saturated carbocycles. The Hall–Kier alpha value is -1.31. The van der Waals surface area contributed by atoms with Gasteiger partial charge in [-0.1, -0.05) is 13.8 Å². The fourth-order valence-electron chi connectivity index (χ4n) is 2.26. The van der Waals surface area contributed by atoms with Gasteiger partial charge in [-0.05, 0) is 55.9 Å². The SMILES string of the molecule is CCOc1cc(C)c(C(=O)C2CC2)cc1C(C)C. The van der Waals surface area contributed by atoms with Gasteiger partial charge in [-0.3, -0.25) is 4.79 Å². The number of Topliss-reactive ketones (excluding diaryl/α,β-unsaturated/α-hetero) is 1. The van der Waals surface area contributed by atoms with Crippen LogP contribution < -0.4 is 4.74 Å². The molecule has 2 nitrogen and oxygen atoms in total. The molecule has 0 N–H and O–H groups in total. The molecule has 1 fully saturated rings. The van der Waals surface area contributed by atoms with Crippen molar-refractivity contribution in [2.45, 2.75) is 46.5 Å². The third-order valence-corrected chi connectivity index (χ3v) is 3.49. The first-order valence-electron chi connectivity index (χ1n) is 6.86. The summed E-state index contributed by atoms with van der Waals surface area (Å²) in [6.45, 7) is 8.93. The maximum atomic E-state index is 12.2. The van der Waals surface area contributed by atoms with Crippen LogP contribution in [0.2, 0.25) is 0 Å². The lowest BCUT2D eigenvalue weighted by Crippen LogP contribution is -2.07. The van der Waals surface area contributed by atoms with Crippen molar-refractivity contribution in [3.05, 3.63) is 28.8 Å². The lowest BCUT2D eigenvalue weighted by Gasteiger charge is -2.16. The summed E-state index contributed by atoms with van der Waals surface area (Å²) >= 11 is 0. The predicted molar refractivity (Wildman–Crippen MR) is 73.5 cm³/mol. The third-order valence-electron chi connectivity index (χ3n) is 3.49. The highest BCUT2D eigenvalue weighted by Crippen LogP contribution is 2.36. The van der Waals surface area contributed by atoms with Crippen LogP contribution in [0, 0.1) is 12.8 Å². The molecule has 1 aliphatic carbocycles. The van der Waals surface area contributed by atoms with E-state index in [1.165, 1.54) is 0 Å². The molecule has 1 aromatic carbocycles. The maximum Gasteiger partial charge on any atom is 0.166 e. The third kappa shape index (κ3) is 2.58. The van der Waals surface area contributed by atoms with Crippen LogP contribution in [0.15, 0.2) is 12.1 Å². The second kappa shape index (κ2) is 5.13. The fraction of sp³-hybridized carbons (Fsp3) is 0.562. The Balaban J connectivity index is 2.42. The van der Waals surface area contributed by atoms with Gasteiger partial charge in [0.1, 0.15) is 5.75 Å². The zero-order valence-corrected chi connectivity index (χ0v) is 11.7. The number of rotatable bonds is 5. The van der Waals surface area contributed by atoms with Gasteiger partial charge in [-0.2, -0.15) is 0 Å². The zero-order valence-electron chi connectivity index (χ0n) is 11.7. The van der Waals surface area contributed by atoms with Gasteiger partial charge in [0, 0.05) is 11.5 Å². The number of hydrogen-bond acceptors (Lipinski definition) is 2. The minimum Gasteiger partial charge on any atom is -0.494 e. The normalized spacial score (nSPS) is 14.9. The number of aryl methyl sites for hydroxylation is 1. The number of carbonyl (C=O) groups is 1. The second-order valence-electron chi connectivity index (χ2n) is 5.43. The average Bonchev–Trinajstić information content (AvgIpc) is 3.12. The monoisotopic (exact) mass is 246 g/mol. The molecule has 1 aromatic rings. The minimum atomic E-state index is 0.279. The summed E-state index contributed by atoms with van der Waals surface area (Å²) < 4.78 is 5.68. The standard InChI is InChI=1S/C16H22O2/c1-5-18-15-8-11(4)14(9-13(15)10(2)3)16(17)12-6-7-12/h8-10,12H,5-7H2,1-4H3. The van der Waals surface area contributed by atoms with Crippen LogP contribution in [0.5, 0.6) is 5.75 Å². The van der Waals surface area contributed by atoms with Gasteiger partial charge in [-0.15, -0.1) is 0 Å². The van der Waals surface area contributed by atoms with Crippen LogP contribution in [-0.4, -0.2) is 12.4 Å². The van der Waals surface area contributed by atoms with Gasteiger partial charge in [0.25, 0.3) is 0 Å². The van der Waals surface area contributed by atoms with Crippen molar-refractivity contribution in [3.63, 3.8) is 0 Å². The molecule has 98 valence electrons. The van der Waals surface area contributed by atoms with E-state index in [-0.39, 0.29) is 5.92 Å². The summed E-state index contributed by atoms with van der Waals surface area (Å²) in [6, 6.07) is 4.07. The summed E-state index contributed by atoms with van der Waals surface area (Å²) in [5.74, 6) is 1.90. The van der Waals surface area contributed by atoms with Gasteiger partial charge >= 0.3 is 0 Å². The minimum absolute atomic E-state index is 0.279. The molecule has 0 heterocycles. The van der Waals surface area contributed by atoms with Crippen molar-refractivity contribution in [3.8, 4) is 5.75 Å². The highest BCUT2D eigenvalue weighted by atomic mass is 16.5. The second-order valence-corrected chi connectivity index (χ2v) is 5.43. The van der Waals surface area contributed by atoms with E-state index in [0.29, 0.717) is 18.3 Å². The Bertz CT molecular complexity index is 456. The van der Waals surface area contributed by atoms with Crippen molar-refractivity contribution in [1.82, 2.24) is 0 Å². The predicted octanol–water partition coefficient (Wildman–Crippen LogP) is 4.11. The number of benzene rings is 1. The van der Waals surface area contributed by atoms with E-state index in [1.54, 1.807) is 0 Å². The first-order chi connectivity index (χ1) is 8.54. The lowest BCUT2D eigenvalue weighted by atomic mass is 9.93. The molecule has 0 atom stereocenters. The van der Waals surface area contributed by atoms with E-state index < -0.39 is 0 Å². The van der Waals surface area contributed by atoms with E-state index in [9.17, 15) is 4.79 Å². The van der Waals surface area contributed by atoms with Crippen molar-refractivity contribution < 1.29 is 9.53 Å². The molecule has 0 saturated heterocycles. The molecular formula is C16H22O2. The van der Waals surface area contributed by atoms with Crippen LogP contribution >= 0.6 is 0 Å². The molecule has 0 spiro atoms. The van der Waals surface area contributed by atoms with E-state index in [0.717, 1.165) is 35.3 Å². The molecule has 0 aromatic heterocycles. The van der Waals surface area contributed by atoms with Crippen molar-refractivity contribution in [2.75, 3.05) is 6.61 Å². The summed E-state index contributed by atoms with van der Waals surface area (Å²) in [6.07, 6.45) is 2.12. The topological polar surface area (TPSA) is 26.3 Å². The summed E-state index contributed by atoms with van der Waals surface area (Å²) in [7, 11) is 0. The van der Waals surface area contributed by atoms with E-state index in [1.807, 2.05) is 26.0 Å². The quantitative estimate of drug-likeness (QED) is 0.731. The Labute approximate surface area is 109 Å². The van der Waals surface area contributed by atoms with Crippen LogP contribution in [0.3, 0.4) is 0 Å². The molecule has 2 heteroatoms. The number of hydrogen-bond donors (Lipinski definition) is 0. The first kappa shape index (κ1) is 13.1. The first-order valence-corrected chi connectivity index (χ1v) is 6.86. The van der Waals surface area contributed by atoms with Gasteiger partial charge in [0.15, 0.2) is 5.78 Å². The molecular weight excluding hydrogens is 224 g/mol. The van der Waals surface area contributed by atoms with Crippen LogP contribution in [0.1, 0.15) is 61.0 Å². The van der Waals surface area contributed by atoms with Gasteiger partial charge in [0.2, 0.25) is 0 Å². The number of ether oxygens (including phenoxy) is 1. The Kier molecular flexibility index (Phi) is 3.74. The Morgan fingerprint density at radius 2 is 2.06 bits per heavy atom. The molecule has 0 aliphatic heterocycles. The number of carbonyl (C=O) groups excluding carboxylic acids is 1. The van der Waals surface area contributed by atoms with Crippen LogP contribution in [-0.2, 0) is 0 Å². The van der Waals surface area contributed by atoms with Crippen LogP contribution in [0.25, 0.3) is 0 Å². The van der Waals surface area contributed by atoms with Crippen molar-refractivity contribution in [2.24, 2.45) is 5.92 Å². The average molecular weight is 246 g/mol. The van der Waals surface area contributed by atoms with Crippen molar-refractivity contribution in [1.29, 1.82) is 0 Å². The smallest absolute Gasteiger partial charge is 0.166 e. The molecule has 2 rings (SSSR count). The highest BCUT2D eigenvalue weighted by Gasteiger charge is 2.31. The highest BCUT2D eigenvalue weighted by molar-refractivity contribution is 6.00. The Morgan fingerprint density at radius 1 is 1.39 bits per heavy atom. The molecule has 18 heavy (non-hydrogen) atoms. The molecule has 1 aliphatic rings. The molecule has 0 unspecified atom stereocenters. The summed E-state index contributed by atoms with van der Waals surface area (Å²) in [5.41, 5.74) is 3.08. The lowest BCUT2D eigenvalue weighted by molar-refractivity contribution is 0.0967. The van der Waals surface area contributed by atoms with E-state index in [2.05, 4.69) is 13.8 Å². The largest absolute Gasteiger partial charge is 0.494 e. The van der Waals surface area contributed by atoms with Gasteiger partial charge < -0.3 is 4.74 Å². The molecule has 0 radical (unpaired) electrons. The summed E-state index contributed by atoms with van der Waals surface area (Å²) in [4.78, 5) is 12.2. The summed E-state index contributed by atoms with van der Waals surface area (Å²) in [5, 5.41) is 0.